The van der Waals surface area contributed by atoms with Gasteiger partial charge in [0.1, 0.15) is 0 Å². The summed E-state index contributed by atoms with van der Waals surface area (Å²) in [5, 5.41) is 0. The fraction of sp³-hybridized carbons (Fsp3) is 0.778. The van der Waals surface area contributed by atoms with E-state index in [1.807, 2.05) is 6.92 Å². The molecule has 0 amide bonds. The van der Waals surface area contributed by atoms with Crippen LogP contribution in [0.2, 0.25) is 0 Å². The summed E-state index contributed by atoms with van der Waals surface area (Å²) >= 11 is 0. The highest BCUT2D eigenvalue weighted by atomic mass is 16.5. The zero-order valence-electron chi connectivity index (χ0n) is 16.4. The maximum atomic E-state index is 11.2. The summed E-state index contributed by atoms with van der Waals surface area (Å²) in [6, 6.07) is 0. The predicted octanol–water partition coefficient (Wildman–Crippen LogP) is 3.48. The third kappa shape index (κ3) is 15.4. The second-order valence-electron chi connectivity index (χ2n) is 6.21. The smallest absolute Gasteiger partial charge is 0.305 e. The van der Waals surface area contributed by atoms with Crippen LogP contribution in [0, 0.1) is 0 Å². The second-order valence-corrected chi connectivity index (χ2v) is 6.21. The van der Waals surface area contributed by atoms with E-state index >= 15 is 0 Å². The zero-order chi connectivity index (χ0) is 19.6. The van der Waals surface area contributed by atoms with Crippen molar-refractivity contribution in [1.82, 2.24) is 15.0 Å². The van der Waals surface area contributed by atoms with Crippen molar-refractivity contribution in [1.29, 1.82) is 0 Å². The summed E-state index contributed by atoms with van der Waals surface area (Å²) in [5.74, 6) is 0.106. The Kier molecular flexibility index (Phi) is 15.0. The van der Waals surface area contributed by atoms with Gasteiger partial charge in [-0.15, -0.1) is 0 Å². The van der Waals surface area contributed by atoms with Crippen LogP contribution >= 0.6 is 0 Å². The number of unbranched alkanes of at least 4 members (excludes halogenated alkanes) is 8. The molecular formula is C18H36N6O2. The Morgan fingerprint density at radius 3 is 1.58 bits per heavy atom. The molecule has 0 aromatic carbocycles. The van der Waals surface area contributed by atoms with Gasteiger partial charge in [-0.05, 0) is 12.8 Å². The number of hydrogen-bond donors (Lipinski definition) is 3. The van der Waals surface area contributed by atoms with Crippen LogP contribution < -0.4 is 17.2 Å². The fourth-order valence-electron chi connectivity index (χ4n) is 2.30. The predicted molar refractivity (Wildman–Crippen MR) is 106 cm³/mol. The van der Waals surface area contributed by atoms with Gasteiger partial charge in [-0.25, -0.2) is 0 Å². The number of hydrogen-bond acceptors (Lipinski definition) is 8. The van der Waals surface area contributed by atoms with Gasteiger partial charge >= 0.3 is 5.97 Å². The SMILES string of the molecule is CCCCCCCCCCCC(=O)OCCC.Nc1nc(N)nc(N)n1. The van der Waals surface area contributed by atoms with Gasteiger partial charge in [0.2, 0.25) is 17.8 Å². The first-order chi connectivity index (χ1) is 12.5. The Bertz CT molecular complexity index is 434. The number of anilines is 3. The number of esters is 1. The molecule has 0 saturated carbocycles. The molecule has 0 aliphatic rings. The van der Waals surface area contributed by atoms with Crippen molar-refractivity contribution < 1.29 is 9.53 Å². The van der Waals surface area contributed by atoms with Crippen LogP contribution in [0.15, 0.2) is 0 Å². The molecule has 8 nitrogen and oxygen atoms in total. The van der Waals surface area contributed by atoms with Gasteiger partial charge < -0.3 is 21.9 Å². The molecule has 150 valence electrons. The van der Waals surface area contributed by atoms with Crippen molar-refractivity contribution in [2.75, 3.05) is 23.8 Å². The number of nitrogens with zero attached hydrogens (tertiary/aromatic N) is 3. The molecule has 0 radical (unpaired) electrons. The van der Waals surface area contributed by atoms with Crippen LogP contribution in [-0.4, -0.2) is 27.5 Å². The van der Waals surface area contributed by atoms with Crippen LogP contribution in [0.1, 0.15) is 84.5 Å². The summed E-state index contributed by atoms with van der Waals surface area (Å²) in [7, 11) is 0. The maximum Gasteiger partial charge on any atom is 0.305 e. The van der Waals surface area contributed by atoms with E-state index in [0.717, 1.165) is 12.8 Å². The normalized spacial score (nSPS) is 10.1. The van der Waals surface area contributed by atoms with E-state index in [-0.39, 0.29) is 23.8 Å². The molecule has 0 saturated heterocycles. The molecule has 1 rings (SSSR count). The minimum absolute atomic E-state index is 0.0187. The molecule has 6 N–H and O–H groups in total. The first kappa shape index (κ1) is 23.9. The molecule has 0 aliphatic carbocycles. The van der Waals surface area contributed by atoms with Gasteiger partial charge in [-0.3, -0.25) is 4.79 Å². The average molecular weight is 369 g/mol. The summed E-state index contributed by atoms with van der Waals surface area (Å²) in [4.78, 5) is 21.7. The summed E-state index contributed by atoms with van der Waals surface area (Å²) < 4.78 is 5.02. The first-order valence-corrected chi connectivity index (χ1v) is 9.67. The van der Waals surface area contributed by atoms with Gasteiger partial charge in [-0.1, -0.05) is 65.2 Å². The molecule has 0 unspecified atom stereocenters. The van der Waals surface area contributed by atoms with Crippen molar-refractivity contribution in [3.05, 3.63) is 0 Å². The highest BCUT2D eigenvalue weighted by Gasteiger charge is 2.01. The van der Waals surface area contributed by atoms with Gasteiger partial charge in [-0.2, -0.15) is 15.0 Å². The summed E-state index contributed by atoms with van der Waals surface area (Å²) in [6.07, 6.45) is 13.1. The lowest BCUT2D eigenvalue weighted by molar-refractivity contribution is -0.143. The first-order valence-electron chi connectivity index (χ1n) is 9.67. The van der Waals surface area contributed by atoms with Crippen molar-refractivity contribution in [3.63, 3.8) is 0 Å². The van der Waals surface area contributed by atoms with Crippen LogP contribution in [0.4, 0.5) is 17.8 Å². The van der Waals surface area contributed by atoms with E-state index in [0.29, 0.717) is 13.0 Å². The standard InChI is InChI=1S/C15H30O2.C3H6N6/c1-3-5-6-7-8-9-10-11-12-13-15(16)17-14-4-2;4-1-7-2(5)9-3(6)8-1/h3-14H2,1-2H3;(H6,4,5,6,7,8,9). The number of rotatable bonds is 12. The second kappa shape index (κ2) is 16.4. The van der Waals surface area contributed by atoms with Crippen molar-refractivity contribution >= 4 is 23.8 Å². The topological polar surface area (TPSA) is 143 Å². The van der Waals surface area contributed by atoms with Gasteiger partial charge in [0.05, 0.1) is 6.61 Å². The van der Waals surface area contributed by atoms with Crippen LogP contribution in [0.25, 0.3) is 0 Å². The summed E-state index contributed by atoms with van der Waals surface area (Å²) in [6.45, 7) is 4.85. The third-order valence-electron chi connectivity index (χ3n) is 3.64. The van der Waals surface area contributed by atoms with E-state index in [1.54, 1.807) is 0 Å². The maximum absolute atomic E-state index is 11.2. The van der Waals surface area contributed by atoms with Gasteiger partial charge in [0, 0.05) is 6.42 Å². The Labute approximate surface area is 157 Å². The Balaban J connectivity index is 0.000000577. The molecule has 8 heteroatoms. The molecule has 0 fully saturated rings. The molecule has 26 heavy (non-hydrogen) atoms. The quantitative estimate of drug-likeness (QED) is 0.376. The van der Waals surface area contributed by atoms with E-state index in [1.165, 1.54) is 51.4 Å². The zero-order valence-corrected chi connectivity index (χ0v) is 16.4. The number of nitrogen functional groups attached to an aromatic ring is 3. The lowest BCUT2D eigenvalue weighted by Gasteiger charge is -2.03. The van der Waals surface area contributed by atoms with Gasteiger partial charge in [0.15, 0.2) is 0 Å². The average Bonchev–Trinajstić information content (AvgIpc) is 2.58. The molecule has 0 spiro atoms. The summed E-state index contributed by atoms with van der Waals surface area (Å²) in [5.41, 5.74) is 15.4. The molecule has 0 aliphatic heterocycles. The lowest BCUT2D eigenvalue weighted by Crippen LogP contribution is -2.05. The number of aromatic nitrogens is 3. The Morgan fingerprint density at radius 2 is 1.15 bits per heavy atom. The van der Waals surface area contributed by atoms with Crippen LogP contribution in [-0.2, 0) is 9.53 Å². The third-order valence-corrected chi connectivity index (χ3v) is 3.64. The van der Waals surface area contributed by atoms with E-state index in [4.69, 9.17) is 21.9 Å². The number of ether oxygens (including phenoxy) is 1. The van der Waals surface area contributed by atoms with E-state index in [9.17, 15) is 4.79 Å². The minimum Gasteiger partial charge on any atom is -0.466 e. The number of nitrogens with two attached hydrogens (primary N) is 3. The van der Waals surface area contributed by atoms with E-state index in [2.05, 4.69) is 21.9 Å². The number of carbonyl (C=O) groups excluding carboxylic acids is 1. The largest absolute Gasteiger partial charge is 0.466 e. The highest BCUT2D eigenvalue weighted by molar-refractivity contribution is 5.69. The van der Waals surface area contributed by atoms with E-state index < -0.39 is 0 Å². The number of carbonyl (C=O) groups is 1. The fourth-order valence-corrected chi connectivity index (χ4v) is 2.30. The van der Waals surface area contributed by atoms with Crippen LogP contribution in [0.5, 0.6) is 0 Å². The van der Waals surface area contributed by atoms with Crippen LogP contribution in [0.3, 0.4) is 0 Å². The monoisotopic (exact) mass is 368 g/mol. The molecule has 1 heterocycles. The highest BCUT2D eigenvalue weighted by Crippen LogP contribution is 2.10. The Morgan fingerprint density at radius 1 is 0.731 bits per heavy atom. The van der Waals surface area contributed by atoms with Crippen molar-refractivity contribution in [2.24, 2.45) is 0 Å². The minimum atomic E-state index is -0.0187. The molecular weight excluding hydrogens is 332 g/mol. The lowest BCUT2D eigenvalue weighted by atomic mass is 10.1. The molecule has 1 aromatic heterocycles. The van der Waals surface area contributed by atoms with Crippen molar-refractivity contribution in [3.8, 4) is 0 Å². The van der Waals surface area contributed by atoms with Gasteiger partial charge in [0.25, 0.3) is 0 Å². The molecule has 0 atom stereocenters. The molecule has 0 bridgehead atoms. The molecule has 1 aromatic rings. The Hall–Kier alpha value is -2.12. The van der Waals surface area contributed by atoms with Crippen molar-refractivity contribution in [2.45, 2.75) is 84.5 Å².